The van der Waals surface area contributed by atoms with E-state index in [1.165, 1.54) is 34.4 Å². The molecule has 0 spiro atoms. The van der Waals surface area contributed by atoms with E-state index in [4.69, 9.17) is 16.3 Å². The highest BCUT2D eigenvalue weighted by Gasteiger charge is 2.17. The lowest BCUT2D eigenvalue weighted by Gasteiger charge is -2.15. The van der Waals surface area contributed by atoms with Gasteiger partial charge in [-0.1, -0.05) is 23.7 Å². The van der Waals surface area contributed by atoms with Gasteiger partial charge in [-0.05, 0) is 30.3 Å². The van der Waals surface area contributed by atoms with E-state index in [1.54, 1.807) is 7.05 Å². The summed E-state index contributed by atoms with van der Waals surface area (Å²) >= 11 is 7.31. The Kier molecular flexibility index (Phi) is 5.39. The van der Waals surface area contributed by atoms with Crippen molar-refractivity contribution in [2.75, 3.05) is 13.7 Å². The second kappa shape index (κ2) is 7.72. The van der Waals surface area contributed by atoms with E-state index < -0.39 is 12.6 Å². The molecule has 134 valence electrons. The number of likely N-dealkylation sites (N-methyl/N-ethyl adjacent to an activating group) is 1. The topological polar surface area (TPSA) is 79.7 Å². The van der Waals surface area contributed by atoms with Gasteiger partial charge < -0.3 is 14.7 Å². The number of phenolic OH excluding ortho intramolecular Hbond substituents is 1. The van der Waals surface area contributed by atoms with Crippen molar-refractivity contribution in [2.45, 2.75) is 6.54 Å². The van der Waals surface area contributed by atoms with Crippen molar-refractivity contribution < 1.29 is 19.4 Å². The molecule has 1 amide bonds. The van der Waals surface area contributed by atoms with E-state index in [0.717, 1.165) is 15.2 Å². The van der Waals surface area contributed by atoms with Gasteiger partial charge in [0, 0.05) is 12.1 Å². The molecule has 0 aliphatic heterocycles. The average Bonchev–Trinajstić information content (AvgIpc) is 3.03. The van der Waals surface area contributed by atoms with E-state index >= 15 is 0 Å². The smallest absolute Gasteiger partial charge is 0.342 e. The van der Waals surface area contributed by atoms with Crippen molar-refractivity contribution in [3.63, 3.8) is 0 Å². The van der Waals surface area contributed by atoms with Crippen molar-refractivity contribution in [3.8, 4) is 5.75 Å². The zero-order chi connectivity index (χ0) is 18.7. The molecule has 0 unspecified atom stereocenters. The number of aromatic nitrogens is 1. The first-order chi connectivity index (χ1) is 12.4. The molecular weight excluding hydrogens is 376 g/mol. The number of esters is 1. The molecule has 3 rings (SSSR count). The van der Waals surface area contributed by atoms with Crippen LogP contribution < -0.4 is 0 Å². The maximum atomic E-state index is 12.2. The fraction of sp³-hybridized carbons (Fsp3) is 0.167. The maximum absolute atomic E-state index is 12.2. The largest absolute Gasteiger partial charge is 0.507 e. The Morgan fingerprint density at radius 1 is 1.27 bits per heavy atom. The van der Waals surface area contributed by atoms with Gasteiger partial charge >= 0.3 is 5.97 Å². The first-order valence-electron chi connectivity index (χ1n) is 7.68. The number of nitrogens with zero attached hydrogens (tertiary/aromatic N) is 2. The normalized spacial score (nSPS) is 10.7. The van der Waals surface area contributed by atoms with Crippen LogP contribution in [0.5, 0.6) is 5.75 Å². The first-order valence-corrected chi connectivity index (χ1v) is 8.87. The lowest BCUT2D eigenvalue weighted by atomic mass is 10.2. The average molecular weight is 391 g/mol. The number of benzene rings is 2. The summed E-state index contributed by atoms with van der Waals surface area (Å²) in [5.41, 5.74) is 0.801. The number of phenols is 1. The number of hydrogen-bond acceptors (Lipinski definition) is 6. The van der Waals surface area contributed by atoms with E-state index in [9.17, 15) is 14.7 Å². The number of fused-ring (bicyclic) bond motifs is 1. The third-order valence-corrected chi connectivity index (χ3v) is 4.90. The molecule has 1 aromatic heterocycles. The summed E-state index contributed by atoms with van der Waals surface area (Å²) < 4.78 is 6.03. The van der Waals surface area contributed by atoms with E-state index in [-0.39, 0.29) is 22.2 Å². The molecule has 1 N–H and O–H groups in total. The van der Waals surface area contributed by atoms with Gasteiger partial charge in [0.15, 0.2) is 6.61 Å². The predicted molar refractivity (Wildman–Crippen MR) is 99.5 cm³/mol. The molecule has 0 atom stereocenters. The number of rotatable bonds is 5. The van der Waals surface area contributed by atoms with E-state index in [1.807, 2.05) is 24.3 Å². The minimum absolute atomic E-state index is 0.0841. The number of amides is 1. The Morgan fingerprint density at radius 3 is 2.81 bits per heavy atom. The number of para-hydroxylation sites is 1. The lowest BCUT2D eigenvalue weighted by molar-refractivity contribution is -0.133. The molecule has 6 nitrogen and oxygen atoms in total. The van der Waals surface area contributed by atoms with Crippen LogP contribution in [-0.4, -0.2) is 40.5 Å². The number of carbonyl (C=O) groups excluding carboxylic acids is 2. The highest BCUT2D eigenvalue weighted by Crippen LogP contribution is 2.23. The summed E-state index contributed by atoms with van der Waals surface area (Å²) in [6.45, 7) is -0.121. The minimum atomic E-state index is -0.813. The Bertz CT molecular complexity index is 940. The molecular formula is C18H15ClN2O4S. The van der Waals surface area contributed by atoms with Gasteiger partial charge in [-0.2, -0.15) is 0 Å². The monoisotopic (exact) mass is 390 g/mol. The zero-order valence-electron chi connectivity index (χ0n) is 13.8. The fourth-order valence-electron chi connectivity index (χ4n) is 2.27. The second-order valence-corrected chi connectivity index (χ2v) is 7.11. The number of hydrogen-bond donors (Lipinski definition) is 1. The molecule has 0 aliphatic carbocycles. The lowest BCUT2D eigenvalue weighted by Crippen LogP contribution is -2.30. The van der Waals surface area contributed by atoms with Gasteiger partial charge in [-0.15, -0.1) is 11.3 Å². The number of carbonyl (C=O) groups is 2. The number of aromatic hydroxyl groups is 1. The Hall–Kier alpha value is -2.64. The van der Waals surface area contributed by atoms with Crippen molar-refractivity contribution in [3.05, 3.63) is 58.1 Å². The molecule has 0 radical (unpaired) electrons. The van der Waals surface area contributed by atoms with Gasteiger partial charge in [-0.3, -0.25) is 4.79 Å². The van der Waals surface area contributed by atoms with Crippen molar-refractivity contribution in [2.24, 2.45) is 0 Å². The third kappa shape index (κ3) is 4.12. The van der Waals surface area contributed by atoms with Gasteiger partial charge in [0.05, 0.1) is 16.8 Å². The van der Waals surface area contributed by atoms with Crippen LogP contribution in [0.2, 0.25) is 5.02 Å². The van der Waals surface area contributed by atoms with Gasteiger partial charge in [0.1, 0.15) is 16.3 Å². The van der Waals surface area contributed by atoms with Gasteiger partial charge in [0.2, 0.25) is 0 Å². The molecule has 8 heteroatoms. The summed E-state index contributed by atoms with van der Waals surface area (Å²) in [7, 11) is 1.61. The van der Waals surface area contributed by atoms with E-state index in [0.29, 0.717) is 6.54 Å². The number of thiazole rings is 1. The van der Waals surface area contributed by atoms with Crippen LogP contribution in [0.15, 0.2) is 42.5 Å². The molecule has 3 aromatic rings. The molecule has 0 saturated carbocycles. The molecule has 0 aliphatic rings. The highest BCUT2D eigenvalue weighted by atomic mass is 35.5. The van der Waals surface area contributed by atoms with Crippen molar-refractivity contribution in [1.29, 1.82) is 0 Å². The van der Waals surface area contributed by atoms with Crippen LogP contribution >= 0.6 is 22.9 Å². The summed E-state index contributed by atoms with van der Waals surface area (Å²) in [6.07, 6.45) is 0. The van der Waals surface area contributed by atoms with E-state index in [2.05, 4.69) is 4.98 Å². The summed E-state index contributed by atoms with van der Waals surface area (Å²) in [5, 5.41) is 10.8. The van der Waals surface area contributed by atoms with Crippen LogP contribution in [-0.2, 0) is 16.1 Å². The van der Waals surface area contributed by atoms with Crippen LogP contribution in [0.1, 0.15) is 15.4 Å². The van der Waals surface area contributed by atoms with Crippen molar-refractivity contribution in [1.82, 2.24) is 9.88 Å². The fourth-order valence-corrected chi connectivity index (χ4v) is 3.46. The van der Waals surface area contributed by atoms with Crippen molar-refractivity contribution >= 4 is 45.0 Å². The van der Waals surface area contributed by atoms with Crippen LogP contribution in [0.3, 0.4) is 0 Å². The third-order valence-electron chi connectivity index (χ3n) is 3.64. The van der Waals surface area contributed by atoms with Gasteiger partial charge in [0.25, 0.3) is 5.91 Å². The summed E-state index contributed by atoms with van der Waals surface area (Å²) in [4.78, 5) is 30.1. The molecule has 1 heterocycles. The Labute approximate surface area is 158 Å². The maximum Gasteiger partial charge on any atom is 0.342 e. The van der Waals surface area contributed by atoms with Crippen LogP contribution in [0.4, 0.5) is 0 Å². The standard InChI is InChI=1S/C18H15ClN2O4S/c1-21(9-16-20-13-4-2-3-5-15(13)26-16)17(23)10-25-18(24)12-8-11(19)6-7-14(12)22/h2-8,22H,9-10H2,1H3. The van der Waals surface area contributed by atoms with Crippen LogP contribution in [0, 0.1) is 0 Å². The first kappa shape index (κ1) is 18.2. The Morgan fingerprint density at radius 2 is 2.04 bits per heavy atom. The van der Waals surface area contributed by atoms with Crippen LogP contribution in [0.25, 0.3) is 10.2 Å². The second-order valence-electron chi connectivity index (χ2n) is 5.56. The quantitative estimate of drug-likeness (QED) is 0.675. The zero-order valence-corrected chi connectivity index (χ0v) is 15.4. The minimum Gasteiger partial charge on any atom is -0.507 e. The number of ether oxygens (including phenoxy) is 1. The molecule has 2 aromatic carbocycles. The molecule has 0 saturated heterocycles. The Balaban J connectivity index is 1.58. The molecule has 0 fully saturated rings. The SMILES string of the molecule is CN(Cc1nc2ccccc2s1)C(=O)COC(=O)c1cc(Cl)ccc1O. The molecule has 26 heavy (non-hydrogen) atoms. The summed E-state index contributed by atoms with van der Waals surface area (Å²) in [5.74, 6) is -1.44. The summed E-state index contributed by atoms with van der Waals surface area (Å²) in [6, 6.07) is 11.8. The predicted octanol–water partition coefficient (Wildman–Crippen LogP) is 3.47. The van der Waals surface area contributed by atoms with Gasteiger partial charge in [-0.25, -0.2) is 9.78 Å². The molecule has 0 bridgehead atoms. The highest BCUT2D eigenvalue weighted by molar-refractivity contribution is 7.18. The number of halogens is 1.